The first kappa shape index (κ1) is 24.0. The number of alkyl halides is 3. The number of ether oxygens (including phenoxy) is 1. The molecule has 0 spiro atoms. The summed E-state index contributed by atoms with van der Waals surface area (Å²) in [4.78, 5) is 18.9. The van der Waals surface area contributed by atoms with Gasteiger partial charge in [-0.3, -0.25) is 18.6 Å². The Morgan fingerprint density at radius 3 is 2.61 bits per heavy atom. The van der Waals surface area contributed by atoms with Gasteiger partial charge in [0, 0.05) is 26.2 Å². The number of halogens is 4. The van der Waals surface area contributed by atoms with Crippen molar-refractivity contribution in [2.75, 3.05) is 26.0 Å². The number of hydrogen-bond donors (Lipinski definition) is 0. The predicted octanol–water partition coefficient (Wildman–Crippen LogP) is 3.83. The summed E-state index contributed by atoms with van der Waals surface area (Å²) >= 11 is 1.68. The fraction of sp³-hybridized carbons (Fsp3) is 0.545. The van der Waals surface area contributed by atoms with Crippen LogP contribution in [-0.4, -0.2) is 50.9 Å². The molecule has 2 aromatic rings. The Balaban J connectivity index is 1.48. The molecule has 0 radical (unpaired) electrons. The van der Waals surface area contributed by atoms with Gasteiger partial charge in [0.25, 0.3) is 5.56 Å². The van der Waals surface area contributed by atoms with Crippen LogP contribution in [-0.2, 0) is 26.2 Å². The summed E-state index contributed by atoms with van der Waals surface area (Å²) in [6.45, 7) is 1.52. The third kappa shape index (κ3) is 6.07. The molecule has 0 amide bonds. The Bertz CT molecular complexity index is 1040. The second kappa shape index (κ2) is 10.0. The summed E-state index contributed by atoms with van der Waals surface area (Å²) in [5.41, 5.74) is 0.863. The lowest BCUT2D eigenvalue weighted by atomic mass is 9.99. The van der Waals surface area contributed by atoms with Gasteiger partial charge < -0.3 is 4.74 Å². The average Bonchev–Trinajstić information content (AvgIpc) is 3.16. The van der Waals surface area contributed by atoms with Crippen LogP contribution in [0, 0.1) is 11.7 Å². The van der Waals surface area contributed by atoms with Crippen LogP contribution < -0.4 is 10.3 Å². The van der Waals surface area contributed by atoms with Crippen LogP contribution in [0.15, 0.2) is 29.2 Å². The van der Waals surface area contributed by atoms with Crippen LogP contribution in [0.3, 0.4) is 0 Å². The van der Waals surface area contributed by atoms with Gasteiger partial charge >= 0.3 is 6.18 Å². The molecule has 1 aromatic heterocycles. The summed E-state index contributed by atoms with van der Waals surface area (Å²) in [6, 6.07) is 4.45. The van der Waals surface area contributed by atoms with E-state index >= 15 is 0 Å². The summed E-state index contributed by atoms with van der Waals surface area (Å²) in [5, 5.41) is 0. The molecule has 1 saturated heterocycles. The van der Waals surface area contributed by atoms with E-state index in [9.17, 15) is 22.4 Å². The second-order valence-corrected chi connectivity index (χ2v) is 9.35. The van der Waals surface area contributed by atoms with Crippen molar-refractivity contribution in [3.8, 4) is 5.75 Å². The molecule has 2 aliphatic rings. The largest absolute Gasteiger partial charge is 0.486 e. The molecule has 11 heteroatoms. The van der Waals surface area contributed by atoms with Gasteiger partial charge in [-0.2, -0.15) is 13.2 Å². The molecule has 0 saturated carbocycles. The first-order valence-corrected chi connectivity index (χ1v) is 12.0. The van der Waals surface area contributed by atoms with Crippen molar-refractivity contribution in [2.45, 2.75) is 45.2 Å². The SMILES string of the molecule is CSN1CCC(COc2cnc(CN3Cc4ccc(F)cc4C3)n(CC(F)(F)F)c2=O)CC1. The van der Waals surface area contributed by atoms with Crippen molar-refractivity contribution >= 4 is 11.9 Å². The van der Waals surface area contributed by atoms with Gasteiger partial charge in [-0.1, -0.05) is 18.0 Å². The van der Waals surface area contributed by atoms with E-state index in [0.717, 1.165) is 37.1 Å². The summed E-state index contributed by atoms with van der Waals surface area (Å²) in [5.74, 6) is -0.274. The Hall–Kier alpha value is -2.11. The maximum Gasteiger partial charge on any atom is 0.406 e. The van der Waals surface area contributed by atoms with Gasteiger partial charge in [0.1, 0.15) is 18.2 Å². The number of nitrogens with zero attached hydrogens (tertiary/aromatic N) is 4. The molecule has 4 rings (SSSR count). The third-order valence-corrected chi connectivity index (χ3v) is 6.94. The van der Waals surface area contributed by atoms with Crippen molar-refractivity contribution in [1.29, 1.82) is 0 Å². The van der Waals surface area contributed by atoms with Gasteiger partial charge in [-0.25, -0.2) is 9.37 Å². The zero-order chi connectivity index (χ0) is 23.6. The summed E-state index contributed by atoms with van der Waals surface area (Å²) < 4.78 is 61.8. The molecule has 0 aliphatic carbocycles. The van der Waals surface area contributed by atoms with Gasteiger partial charge in [0.15, 0.2) is 0 Å². The van der Waals surface area contributed by atoms with E-state index in [4.69, 9.17) is 4.74 Å². The number of aromatic nitrogens is 2. The smallest absolute Gasteiger partial charge is 0.406 e. The molecule has 6 nitrogen and oxygen atoms in total. The molecule has 0 bridgehead atoms. The quantitative estimate of drug-likeness (QED) is 0.438. The lowest BCUT2D eigenvalue weighted by Crippen LogP contribution is -2.35. The zero-order valence-corrected chi connectivity index (χ0v) is 19.1. The Labute approximate surface area is 193 Å². The highest BCUT2D eigenvalue weighted by Gasteiger charge is 2.32. The van der Waals surface area contributed by atoms with Crippen LogP contribution in [0.5, 0.6) is 5.75 Å². The Morgan fingerprint density at radius 2 is 1.91 bits per heavy atom. The molecule has 33 heavy (non-hydrogen) atoms. The molecule has 3 heterocycles. The van der Waals surface area contributed by atoms with E-state index in [1.807, 2.05) is 11.2 Å². The first-order chi connectivity index (χ1) is 15.7. The number of hydrogen-bond acceptors (Lipinski definition) is 6. The van der Waals surface area contributed by atoms with Gasteiger partial charge in [-0.15, -0.1) is 0 Å². The fourth-order valence-corrected chi connectivity index (χ4v) is 4.86. The molecule has 1 fully saturated rings. The molecule has 0 atom stereocenters. The average molecular weight is 487 g/mol. The van der Waals surface area contributed by atoms with Crippen molar-refractivity contribution < 1.29 is 22.3 Å². The van der Waals surface area contributed by atoms with Crippen LogP contribution in [0.1, 0.15) is 29.8 Å². The van der Waals surface area contributed by atoms with Gasteiger partial charge in [0.2, 0.25) is 5.75 Å². The van der Waals surface area contributed by atoms with E-state index in [1.54, 1.807) is 18.0 Å². The Kier molecular flexibility index (Phi) is 7.30. The van der Waals surface area contributed by atoms with Crippen LogP contribution in [0.4, 0.5) is 17.6 Å². The van der Waals surface area contributed by atoms with E-state index < -0.39 is 18.3 Å². The molecule has 0 unspecified atom stereocenters. The van der Waals surface area contributed by atoms with Gasteiger partial charge in [0.05, 0.1) is 19.3 Å². The lowest BCUT2D eigenvalue weighted by Gasteiger charge is -2.29. The number of rotatable bonds is 7. The standard InChI is InChI=1S/C22H26F4N4O2S/c1-33-29-6-4-15(5-7-29)13-32-19-9-27-20(30(21(19)31)14-22(24,25)26)12-28-10-16-2-3-18(23)8-17(16)11-28/h2-3,8-9,15H,4-7,10-14H2,1H3. The highest BCUT2D eigenvalue weighted by Crippen LogP contribution is 2.26. The molecule has 1 aromatic carbocycles. The van der Waals surface area contributed by atoms with Crippen molar-refractivity contribution in [3.05, 3.63) is 57.5 Å². The Morgan fingerprint density at radius 1 is 1.18 bits per heavy atom. The zero-order valence-electron chi connectivity index (χ0n) is 18.3. The topological polar surface area (TPSA) is 50.6 Å². The van der Waals surface area contributed by atoms with E-state index in [2.05, 4.69) is 9.29 Å². The van der Waals surface area contributed by atoms with Crippen molar-refractivity contribution in [2.24, 2.45) is 5.92 Å². The molecule has 2 aliphatic heterocycles. The van der Waals surface area contributed by atoms with E-state index in [1.165, 1.54) is 18.3 Å². The first-order valence-electron chi connectivity index (χ1n) is 10.8. The predicted molar refractivity (Wildman–Crippen MR) is 117 cm³/mol. The molecular weight excluding hydrogens is 460 g/mol. The normalized spacial score (nSPS) is 18.0. The van der Waals surface area contributed by atoms with Crippen molar-refractivity contribution in [3.63, 3.8) is 0 Å². The van der Waals surface area contributed by atoms with Gasteiger partial charge in [-0.05, 0) is 48.3 Å². The maximum absolute atomic E-state index is 13.5. The molecule has 180 valence electrons. The van der Waals surface area contributed by atoms with Crippen LogP contribution in [0.2, 0.25) is 0 Å². The lowest BCUT2D eigenvalue weighted by molar-refractivity contribution is -0.142. The molecule has 0 N–H and O–H groups in total. The monoisotopic (exact) mass is 486 g/mol. The van der Waals surface area contributed by atoms with E-state index in [0.29, 0.717) is 17.7 Å². The third-order valence-electron chi connectivity index (χ3n) is 6.06. The summed E-state index contributed by atoms with van der Waals surface area (Å²) in [6.07, 6.45) is 0.468. The van der Waals surface area contributed by atoms with E-state index in [-0.39, 0.29) is 36.5 Å². The van der Waals surface area contributed by atoms with Crippen LogP contribution in [0.25, 0.3) is 0 Å². The van der Waals surface area contributed by atoms with Crippen LogP contribution >= 0.6 is 11.9 Å². The number of piperidine rings is 1. The highest BCUT2D eigenvalue weighted by atomic mass is 32.2. The maximum atomic E-state index is 13.5. The minimum atomic E-state index is -4.58. The summed E-state index contributed by atoms with van der Waals surface area (Å²) in [7, 11) is 0. The number of benzene rings is 1. The molecular formula is C22H26F4N4O2S. The minimum Gasteiger partial charge on any atom is -0.486 e. The minimum absolute atomic E-state index is 0.00577. The fourth-order valence-electron chi connectivity index (χ4n) is 4.29. The highest BCUT2D eigenvalue weighted by molar-refractivity contribution is 7.96. The van der Waals surface area contributed by atoms with Crippen molar-refractivity contribution in [1.82, 2.24) is 18.8 Å². The number of fused-ring (bicyclic) bond motifs is 1. The second-order valence-electron chi connectivity index (χ2n) is 8.47.